The van der Waals surface area contributed by atoms with Gasteiger partial charge in [0.1, 0.15) is 23.4 Å². The fourth-order valence-electron chi connectivity index (χ4n) is 2.80. The van der Waals surface area contributed by atoms with Crippen molar-refractivity contribution in [1.29, 1.82) is 0 Å². The van der Waals surface area contributed by atoms with Crippen molar-refractivity contribution in [2.75, 3.05) is 27.3 Å². The average molecular weight is 347 g/mol. The Balaban J connectivity index is 1.62. The van der Waals surface area contributed by atoms with Gasteiger partial charge in [-0.3, -0.25) is 4.79 Å². The molecule has 3 rings (SSSR count). The highest BCUT2D eigenvalue weighted by Crippen LogP contribution is 2.25. The van der Waals surface area contributed by atoms with Crippen LogP contribution in [-0.2, 0) is 0 Å². The second-order valence-corrected chi connectivity index (χ2v) is 6.45. The first-order chi connectivity index (χ1) is 11.7. The van der Waals surface area contributed by atoms with Crippen LogP contribution in [0.2, 0.25) is 0 Å². The largest absolute Gasteiger partial charge is 0.497 e. The summed E-state index contributed by atoms with van der Waals surface area (Å²) in [6, 6.07) is 7.24. The first-order valence-electron chi connectivity index (χ1n) is 7.91. The Morgan fingerprint density at radius 1 is 1.08 bits per heavy atom. The summed E-state index contributed by atoms with van der Waals surface area (Å²) in [6.45, 7) is 1.38. The van der Waals surface area contributed by atoms with E-state index in [9.17, 15) is 4.79 Å². The molecule has 0 bridgehead atoms. The van der Waals surface area contributed by atoms with Crippen molar-refractivity contribution in [1.82, 2.24) is 4.90 Å². The third-order valence-corrected chi connectivity index (χ3v) is 4.79. The van der Waals surface area contributed by atoms with Crippen molar-refractivity contribution >= 4 is 17.2 Å². The zero-order valence-electron chi connectivity index (χ0n) is 13.9. The lowest BCUT2D eigenvalue weighted by atomic mass is 10.1. The van der Waals surface area contributed by atoms with E-state index in [1.807, 2.05) is 21.7 Å². The summed E-state index contributed by atoms with van der Waals surface area (Å²) in [4.78, 5) is 14.6. The highest BCUT2D eigenvalue weighted by atomic mass is 32.1. The smallest absolute Gasteiger partial charge is 0.254 e. The molecular weight excluding hydrogens is 326 g/mol. The zero-order chi connectivity index (χ0) is 16.9. The molecule has 1 aliphatic heterocycles. The maximum absolute atomic E-state index is 12.7. The molecule has 0 aliphatic carbocycles. The van der Waals surface area contributed by atoms with Crippen molar-refractivity contribution in [2.45, 2.75) is 18.9 Å². The second kappa shape index (κ2) is 7.57. The van der Waals surface area contributed by atoms with Gasteiger partial charge in [0.05, 0.1) is 14.2 Å². The summed E-state index contributed by atoms with van der Waals surface area (Å²) >= 11 is 1.62. The molecule has 5 nitrogen and oxygen atoms in total. The van der Waals surface area contributed by atoms with Crippen LogP contribution in [-0.4, -0.2) is 44.2 Å². The van der Waals surface area contributed by atoms with E-state index < -0.39 is 0 Å². The summed E-state index contributed by atoms with van der Waals surface area (Å²) in [7, 11) is 3.16. The van der Waals surface area contributed by atoms with Crippen LogP contribution in [0, 0.1) is 0 Å². The first kappa shape index (κ1) is 16.6. The van der Waals surface area contributed by atoms with Gasteiger partial charge in [-0.2, -0.15) is 0 Å². The topological polar surface area (TPSA) is 48.0 Å². The average Bonchev–Trinajstić information content (AvgIpc) is 3.14. The number of likely N-dealkylation sites (tertiary alicyclic amines) is 1. The molecule has 0 spiro atoms. The molecule has 2 heterocycles. The Labute approximate surface area is 145 Å². The Morgan fingerprint density at radius 2 is 1.75 bits per heavy atom. The molecule has 0 radical (unpaired) electrons. The predicted molar refractivity (Wildman–Crippen MR) is 93.4 cm³/mol. The molecule has 0 saturated carbocycles. The van der Waals surface area contributed by atoms with Gasteiger partial charge in [-0.05, 0) is 23.6 Å². The van der Waals surface area contributed by atoms with Gasteiger partial charge in [0.25, 0.3) is 5.91 Å². The lowest BCUT2D eigenvalue weighted by Crippen LogP contribution is -2.41. The van der Waals surface area contributed by atoms with Crippen LogP contribution in [0.4, 0.5) is 0 Å². The second-order valence-electron chi connectivity index (χ2n) is 5.67. The Hall–Kier alpha value is -2.21. The van der Waals surface area contributed by atoms with Crippen LogP contribution in [0.15, 0.2) is 35.0 Å². The van der Waals surface area contributed by atoms with Crippen LogP contribution < -0.4 is 14.2 Å². The third-order valence-electron chi connectivity index (χ3n) is 4.13. The van der Waals surface area contributed by atoms with Crippen LogP contribution in [0.5, 0.6) is 17.2 Å². The van der Waals surface area contributed by atoms with Gasteiger partial charge in [-0.25, -0.2) is 0 Å². The Morgan fingerprint density at radius 3 is 2.29 bits per heavy atom. The third kappa shape index (κ3) is 3.82. The lowest BCUT2D eigenvalue weighted by molar-refractivity contribution is 0.0595. The lowest BCUT2D eigenvalue weighted by Gasteiger charge is -2.32. The number of carbonyl (C=O) groups excluding carboxylic acids is 1. The molecule has 24 heavy (non-hydrogen) atoms. The van der Waals surface area contributed by atoms with Gasteiger partial charge >= 0.3 is 0 Å². The van der Waals surface area contributed by atoms with E-state index in [-0.39, 0.29) is 12.0 Å². The molecule has 0 N–H and O–H groups in total. The van der Waals surface area contributed by atoms with E-state index in [1.165, 1.54) is 0 Å². The molecule has 1 fully saturated rings. The SMILES string of the molecule is COc1cc(OC)cc(C(=O)N2CCC(Oc3ccsc3)CC2)c1. The molecule has 0 unspecified atom stereocenters. The number of ether oxygens (including phenoxy) is 3. The number of piperidine rings is 1. The van der Waals surface area contributed by atoms with Crippen molar-refractivity contribution in [2.24, 2.45) is 0 Å². The number of thiophene rings is 1. The van der Waals surface area contributed by atoms with E-state index in [0.717, 1.165) is 18.6 Å². The minimum atomic E-state index is 0.00110. The summed E-state index contributed by atoms with van der Waals surface area (Å²) in [5.74, 6) is 2.16. The number of amides is 1. The number of carbonyl (C=O) groups is 1. The summed E-state index contributed by atoms with van der Waals surface area (Å²) in [5.41, 5.74) is 0.586. The van der Waals surface area contributed by atoms with E-state index in [2.05, 4.69) is 0 Å². The van der Waals surface area contributed by atoms with Crippen molar-refractivity contribution < 1.29 is 19.0 Å². The minimum Gasteiger partial charge on any atom is -0.497 e. The Bertz CT molecular complexity index is 656. The van der Waals surface area contributed by atoms with E-state index in [1.54, 1.807) is 43.8 Å². The fourth-order valence-corrected chi connectivity index (χ4v) is 3.36. The standard InChI is InChI=1S/C18H21NO4S/c1-21-16-9-13(10-17(11-16)22-2)18(20)19-6-3-14(4-7-19)23-15-5-8-24-12-15/h5,8-12,14H,3-4,6-7H2,1-2H3. The van der Waals surface area contributed by atoms with Crippen molar-refractivity contribution in [3.05, 3.63) is 40.6 Å². The monoisotopic (exact) mass is 347 g/mol. The first-order valence-corrected chi connectivity index (χ1v) is 8.85. The van der Waals surface area contributed by atoms with Crippen molar-refractivity contribution in [3.8, 4) is 17.2 Å². The quantitative estimate of drug-likeness (QED) is 0.831. The van der Waals surface area contributed by atoms with Gasteiger partial charge in [-0.15, -0.1) is 11.3 Å². The number of rotatable bonds is 5. The van der Waals surface area contributed by atoms with Gasteiger partial charge in [-0.1, -0.05) is 0 Å². The molecule has 1 aromatic carbocycles. The number of hydrogen-bond donors (Lipinski definition) is 0. The molecule has 1 aliphatic rings. The molecule has 128 valence electrons. The molecule has 2 aromatic rings. The maximum Gasteiger partial charge on any atom is 0.254 e. The molecule has 1 saturated heterocycles. The molecule has 1 aromatic heterocycles. The summed E-state index contributed by atoms with van der Waals surface area (Å²) in [5, 5.41) is 4.00. The van der Waals surface area contributed by atoms with E-state index >= 15 is 0 Å². The highest BCUT2D eigenvalue weighted by Gasteiger charge is 2.25. The summed E-state index contributed by atoms with van der Waals surface area (Å²) < 4.78 is 16.4. The number of hydrogen-bond acceptors (Lipinski definition) is 5. The van der Waals surface area contributed by atoms with Gasteiger partial charge in [0.2, 0.25) is 0 Å². The molecule has 0 atom stereocenters. The molecule has 1 amide bonds. The normalized spacial score (nSPS) is 15.2. The highest BCUT2D eigenvalue weighted by molar-refractivity contribution is 7.08. The van der Waals surface area contributed by atoms with Crippen LogP contribution in [0.3, 0.4) is 0 Å². The van der Waals surface area contributed by atoms with Crippen LogP contribution in [0.25, 0.3) is 0 Å². The molecular formula is C18H21NO4S. The van der Waals surface area contributed by atoms with Gasteiger partial charge in [0.15, 0.2) is 0 Å². The van der Waals surface area contributed by atoms with Crippen LogP contribution in [0.1, 0.15) is 23.2 Å². The van der Waals surface area contributed by atoms with Gasteiger partial charge < -0.3 is 19.1 Å². The summed E-state index contributed by atoms with van der Waals surface area (Å²) in [6.07, 6.45) is 1.84. The van der Waals surface area contributed by atoms with E-state index in [0.29, 0.717) is 30.2 Å². The fraction of sp³-hybridized carbons (Fsp3) is 0.389. The number of benzene rings is 1. The van der Waals surface area contributed by atoms with Crippen LogP contribution >= 0.6 is 11.3 Å². The van der Waals surface area contributed by atoms with E-state index in [4.69, 9.17) is 14.2 Å². The van der Waals surface area contributed by atoms with Gasteiger partial charge in [0, 0.05) is 42.9 Å². The number of nitrogens with zero attached hydrogens (tertiary/aromatic N) is 1. The zero-order valence-corrected chi connectivity index (χ0v) is 14.7. The maximum atomic E-state index is 12.7. The predicted octanol–water partition coefficient (Wildman–Crippen LogP) is 3.45. The minimum absolute atomic E-state index is 0.00110. The Kier molecular flexibility index (Phi) is 5.25. The molecule has 6 heteroatoms. The van der Waals surface area contributed by atoms with Crippen molar-refractivity contribution in [3.63, 3.8) is 0 Å². The number of methoxy groups -OCH3 is 2.